The molecule has 0 aliphatic carbocycles. The van der Waals surface area contributed by atoms with Gasteiger partial charge in [0.1, 0.15) is 5.69 Å². The van der Waals surface area contributed by atoms with Crippen molar-refractivity contribution in [3.05, 3.63) is 67.7 Å². The summed E-state index contributed by atoms with van der Waals surface area (Å²) in [6.45, 7) is 1.43. The van der Waals surface area contributed by atoms with E-state index in [0.717, 1.165) is 18.2 Å². The van der Waals surface area contributed by atoms with Gasteiger partial charge in [-0.2, -0.15) is 5.10 Å². The third-order valence-corrected chi connectivity index (χ3v) is 5.37. The Labute approximate surface area is 158 Å². The Balaban J connectivity index is 2.21. The number of hydrogen-bond acceptors (Lipinski definition) is 8. The lowest BCUT2D eigenvalue weighted by Gasteiger charge is -2.06. The fourth-order valence-corrected chi connectivity index (χ4v) is 3.53. The van der Waals surface area contributed by atoms with Crippen LogP contribution in [0.5, 0.6) is 0 Å². The van der Waals surface area contributed by atoms with Crippen LogP contribution in [0.25, 0.3) is 0 Å². The molecule has 27 heavy (non-hydrogen) atoms. The summed E-state index contributed by atoms with van der Waals surface area (Å²) in [4.78, 5) is 20.3. The zero-order chi connectivity index (χ0) is 20.2. The second-order valence-electron chi connectivity index (χ2n) is 5.39. The molecule has 10 nitrogen and oxygen atoms in total. The monoisotopic (exact) mass is 412 g/mol. The van der Waals surface area contributed by atoms with Gasteiger partial charge in [0.05, 0.1) is 32.3 Å². The lowest BCUT2D eigenvalue weighted by Crippen LogP contribution is -2.15. The molecule has 0 bridgehead atoms. The average Bonchev–Trinajstić information content (AvgIpc) is 2.59. The zero-order valence-corrected chi connectivity index (χ0v) is 15.4. The van der Waals surface area contributed by atoms with E-state index in [2.05, 4.69) is 10.5 Å². The normalized spacial score (nSPS) is 11.9. The van der Waals surface area contributed by atoms with E-state index in [1.54, 1.807) is 0 Å². The number of halogens is 1. The lowest BCUT2D eigenvalue weighted by atomic mass is 10.2. The standard InChI is InChI=1S/C15H13ClN4O6S/c1-10(9-27(25,26)13-5-2-11(16)3-6-13)17-18-14-7-4-12(19(21)22)8-15(14)20(23)24/h2-8,18H,9H2,1H3/b17-10-. The molecule has 0 aliphatic heterocycles. The highest BCUT2D eigenvalue weighted by Gasteiger charge is 2.20. The summed E-state index contributed by atoms with van der Waals surface area (Å²) in [7, 11) is -3.68. The Morgan fingerprint density at radius 1 is 1.11 bits per heavy atom. The molecule has 0 unspecified atom stereocenters. The number of nitrogens with one attached hydrogen (secondary N) is 1. The van der Waals surface area contributed by atoms with E-state index >= 15 is 0 Å². The minimum Gasteiger partial charge on any atom is -0.272 e. The van der Waals surface area contributed by atoms with Gasteiger partial charge in [-0.05, 0) is 37.3 Å². The number of benzene rings is 2. The fraction of sp³-hybridized carbons (Fsp3) is 0.133. The molecule has 0 saturated carbocycles. The van der Waals surface area contributed by atoms with Gasteiger partial charge in [0, 0.05) is 11.1 Å². The molecule has 0 atom stereocenters. The number of nitro benzene ring substituents is 2. The van der Waals surface area contributed by atoms with Crippen LogP contribution in [-0.2, 0) is 9.84 Å². The molecule has 0 amide bonds. The molecule has 0 fully saturated rings. The van der Waals surface area contributed by atoms with Crippen molar-refractivity contribution < 1.29 is 18.3 Å². The predicted molar refractivity (Wildman–Crippen MR) is 100.0 cm³/mol. The molecule has 0 saturated heterocycles. The summed E-state index contributed by atoms with van der Waals surface area (Å²) in [5.41, 5.74) is 1.42. The van der Waals surface area contributed by atoms with Crippen LogP contribution < -0.4 is 5.43 Å². The molecule has 2 aromatic rings. The zero-order valence-electron chi connectivity index (χ0n) is 13.8. The molecule has 0 aliphatic rings. The molecular formula is C15H13ClN4O6S. The van der Waals surface area contributed by atoms with Crippen molar-refractivity contribution in [2.75, 3.05) is 11.2 Å². The lowest BCUT2D eigenvalue weighted by molar-refractivity contribution is -0.393. The number of nitrogens with zero attached hydrogens (tertiary/aromatic N) is 3. The molecule has 2 aromatic carbocycles. The van der Waals surface area contributed by atoms with E-state index in [1.807, 2.05) is 0 Å². The molecule has 2 rings (SSSR count). The van der Waals surface area contributed by atoms with Crippen LogP contribution in [0.1, 0.15) is 6.92 Å². The Hall–Kier alpha value is -3.05. The topological polar surface area (TPSA) is 145 Å². The van der Waals surface area contributed by atoms with Crippen molar-refractivity contribution in [3.63, 3.8) is 0 Å². The van der Waals surface area contributed by atoms with Crippen LogP contribution >= 0.6 is 11.6 Å². The summed E-state index contributed by atoms with van der Waals surface area (Å²) in [6.07, 6.45) is 0. The number of nitro groups is 2. The van der Waals surface area contributed by atoms with Crippen LogP contribution in [0.15, 0.2) is 52.5 Å². The van der Waals surface area contributed by atoms with Crippen LogP contribution in [0.2, 0.25) is 5.02 Å². The van der Waals surface area contributed by atoms with Gasteiger partial charge in [-0.3, -0.25) is 25.7 Å². The first-order valence-electron chi connectivity index (χ1n) is 7.30. The van der Waals surface area contributed by atoms with Gasteiger partial charge in [-0.1, -0.05) is 11.6 Å². The smallest absolute Gasteiger partial charge is 0.272 e. The van der Waals surface area contributed by atoms with Gasteiger partial charge in [0.2, 0.25) is 0 Å². The third-order valence-electron chi connectivity index (χ3n) is 3.33. The number of sulfone groups is 1. The van der Waals surface area contributed by atoms with Gasteiger partial charge in [0.15, 0.2) is 9.84 Å². The van der Waals surface area contributed by atoms with Crippen molar-refractivity contribution in [2.45, 2.75) is 11.8 Å². The van der Waals surface area contributed by atoms with Crippen molar-refractivity contribution in [2.24, 2.45) is 5.10 Å². The van der Waals surface area contributed by atoms with E-state index in [9.17, 15) is 28.6 Å². The van der Waals surface area contributed by atoms with Gasteiger partial charge < -0.3 is 0 Å². The third kappa shape index (κ3) is 5.21. The SMILES string of the molecule is C/C(CS(=O)(=O)c1ccc(Cl)cc1)=N/Nc1ccc([N+](=O)[O-])cc1[N+](=O)[O-]. The number of anilines is 1. The van der Waals surface area contributed by atoms with Crippen LogP contribution in [0, 0.1) is 20.2 Å². The predicted octanol–water partition coefficient (Wildman–Crippen LogP) is 3.42. The molecule has 12 heteroatoms. The van der Waals surface area contributed by atoms with E-state index in [0.29, 0.717) is 5.02 Å². The Morgan fingerprint density at radius 2 is 1.74 bits per heavy atom. The molecule has 1 N–H and O–H groups in total. The minimum atomic E-state index is -3.68. The van der Waals surface area contributed by atoms with Gasteiger partial charge in [-0.25, -0.2) is 8.42 Å². The number of rotatable bonds is 7. The van der Waals surface area contributed by atoms with Crippen molar-refractivity contribution in [3.8, 4) is 0 Å². The second-order valence-corrected chi connectivity index (χ2v) is 7.81. The Bertz CT molecular complexity index is 1020. The molecule has 0 aromatic heterocycles. The number of non-ortho nitro benzene ring substituents is 1. The van der Waals surface area contributed by atoms with E-state index in [4.69, 9.17) is 11.6 Å². The molecule has 0 heterocycles. The quantitative estimate of drug-likeness (QED) is 0.416. The summed E-state index contributed by atoms with van der Waals surface area (Å²) in [5.74, 6) is -0.428. The van der Waals surface area contributed by atoms with Gasteiger partial charge in [-0.15, -0.1) is 0 Å². The van der Waals surface area contributed by atoms with Crippen molar-refractivity contribution in [1.29, 1.82) is 0 Å². The van der Waals surface area contributed by atoms with E-state index < -0.39 is 36.8 Å². The maximum Gasteiger partial charge on any atom is 0.301 e. The summed E-state index contributed by atoms with van der Waals surface area (Å²) in [5, 5.41) is 26.0. The number of hydrazone groups is 1. The molecule has 0 radical (unpaired) electrons. The highest BCUT2D eigenvalue weighted by molar-refractivity contribution is 7.92. The first kappa shape index (κ1) is 20.3. The molecule has 142 valence electrons. The first-order valence-corrected chi connectivity index (χ1v) is 9.33. The Kier molecular flexibility index (Phi) is 6.08. The van der Waals surface area contributed by atoms with E-state index in [-0.39, 0.29) is 16.3 Å². The maximum absolute atomic E-state index is 12.3. The summed E-state index contributed by atoms with van der Waals surface area (Å²) >= 11 is 5.73. The highest BCUT2D eigenvalue weighted by Crippen LogP contribution is 2.29. The Morgan fingerprint density at radius 3 is 2.30 bits per heavy atom. The summed E-state index contributed by atoms with van der Waals surface area (Å²) < 4.78 is 24.7. The first-order chi connectivity index (χ1) is 12.6. The molecule has 0 spiro atoms. The van der Waals surface area contributed by atoms with Gasteiger partial charge in [0.25, 0.3) is 5.69 Å². The highest BCUT2D eigenvalue weighted by atomic mass is 35.5. The van der Waals surface area contributed by atoms with Crippen LogP contribution in [0.3, 0.4) is 0 Å². The van der Waals surface area contributed by atoms with E-state index in [1.165, 1.54) is 31.2 Å². The maximum atomic E-state index is 12.3. The van der Waals surface area contributed by atoms with Crippen molar-refractivity contribution >= 4 is 44.2 Å². The van der Waals surface area contributed by atoms with Gasteiger partial charge >= 0.3 is 5.69 Å². The largest absolute Gasteiger partial charge is 0.301 e. The fourth-order valence-electron chi connectivity index (χ4n) is 2.07. The number of hydrogen-bond donors (Lipinski definition) is 1. The minimum absolute atomic E-state index is 0.0581. The summed E-state index contributed by atoms with van der Waals surface area (Å²) in [6, 6.07) is 8.60. The molecular weight excluding hydrogens is 400 g/mol. The second kappa shape index (κ2) is 8.10. The van der Waals surface area contributed by atoms with Crippen LogP contribution in [0.4, 0.5) is 17.1 Å². The van der Waals surface area contributed by atoms with Crippen molar-refractivity contribution in [1.82, 2.24) is 0 Å². The average molecular weight is 413 g/mol. The van der Waals surface area contributed by atoms with Crippen LogP contribution in [-0.4, -0.2) is 29.7 Å².